The first-order valence-corrected chi connectivity index (χ1v) is 8.18. The summed E-state index contributed by atoms with van der Waals surface area (Å²) in [5.74, 6) is -45.8. The molecule has 1 amide bonds. The molecule has 5 nitrogen and oxygen atoms in total. The molecule has 0 unspecified atom stereocenters. The van der Waals surface area contributed by atoms with Crippen LogP contribution in [0.3, 0.4) is 0 Å². The molecule has 1 radical (unpaired) electrons. The molecule has 0 aliphatic carbocycles. The van der Waals surface area contributed by atoms with E-state index in [2.05, 4.69) is 0 Å². The summed E-state index contributed by atoms with van der Waals surface area (Å²) < 4.78 is 198. The van der Waals surface area contributed by atoms with Crippen molar-refractivity contribution >= 4 is 11.7 Å². The van der Waals surface area contributed by atoms with E-state index in [-0.39, 0.29) is 4.57 Å². The Bertz CT molecular complexity index is 996. The van der Waals surface area contributed by atoms with E-state index in [4.69, 9.17) is 0 Å². The van der Waals surface area contributed by atoms with E-state index in [0.29, 0.717) is 19.2 Å². The van der Waals surface area contributed by atoms with Gasteiger partial charge >= 0.3 is 47.7 Å². The molecule has 0 spiro atoms. The minimum Gasteiger partial charge on any atom is -0.337 e. The maximum Gasteiger partial charge on any atom is 0.460 e. The fourth-order valence-corrected chi connectivity index (χ4v) is 2.40. The first kappa shape index (κ1) is 30.4. The maximum atomic E-state index is 13.9. The van der Waals surface area contributed by atoms with E-state index in [1.807, 2.05) is 0 Å². The lowest BCUT2D eigenvalue weighted by molar-refractivity contribution is -0.471. The summed E-state index contributed by atoms with van der Waals surface area (Å²) in [7, 11) is 0.663. The Balaban J connectivity index is 3.61. The number of Topliss-reactive ketones (excluding diaryl/α,β-unsaturated/α-hetero) is 1. The van der Waals surface area contributed by atoms with Crippen LogP contribution in [0, 0.1) is 0 Å². The molecule has 0 saturated heterocycles. The average Bonchev–Trinajstić information content (AvgIpc) is 3.06. The maximum absolute atomic E-state index is 13.9. The molecule has 0 fully saturated rings. The Morgan fingerprint density at radius 1 is 0.657 bits per heavy atom. The fraction of sp³-hybridized carbons (Fsp3) is 0.600. The zero-order chi connectivity index (χ0) is 28.4. The number of halogens is 15. The van der Waals surface area contributed by atoms with Crippen LogP contribution in [-0.2, 0) is 12.3 Å². The lowest BCUT2D eigenvalue weighted by Gasteiger charge is -2.41. The number of carbonyl (C=O) groups excluding carboxylic acids is 2. The van der Waals surface area contributed by atoms with Crippen LogP contribution in [0.5, 0.6) is 0 Å². The van der Waals surface area contributed by atoms with Gasteiger partial charge in [0.2, 0.25) is 0 Å². The summed E-state index contributed by atoms with van der Waals surface area (Å²) in [5, 5.41) is 8.55. The molecular formula is C15H8F15N2O3. The van der Waals surface area contributed by atoms with Crippen molar-refractivity contribution in [1.82, 2.24) is 9.63 Å². The molecule has 0 aromatic carbocycles. The van der Waals surface area contributed by atoms with Crippen molar-refractivity contribution in [2.75, 3.05) is 0 Å². The standard InChI is InChI=1S/C15H8F15N2O3/c1-5(33)6-3-4-7(31(6)2)8(34)32(35)15(29,30)13(24,25)11(20,21)9(16,17)10(18,19)12(22,23)14(26,27)28/h3-4H,1-2H3. The van der Waals surface area contributed by atoms with Gasteiger partial charge < -0.3 is 4.57 Å². The third-order valence-electron chi connectivity index (χ3n) is 4.45. The van der Waals surface area contributed by atoms with Gasteiger partial charge in [-0.3, -0.25) is 9.59 Å². The molecule has 35 heavy (non-hydrogen) atoms. The second-order valence-electron chi connectivity index (χ2n) is 6.73. The highest BCUT2D eigenvalue weighted by molar-refractivity contribution is 5.97. The van der Waals surface area contributed by atoms with Crippen LogP contribution >= 0.6 is 0 Å². The summed E-state index contributed by atoms with van der Waals surface area (Å²) in [6.45, 7) is 0.793. The van der Waals surface area contributed by atoms with Crippen molar-refractivity contribution in [3.8, 4) is 0 Å². The van der Waals surface area contributed by atoms with Crippen molar-refractivity contribution in [3.05, 3.63) is 23.5 Å². The molecule has 0 bridgehead atoms. The lowest BCUT2D eigenvalue weighted by atomic mass is 9.93. The number of alkyl halides is 15. The molecule has 0 aliphatic heterocycles. The quantitative estimate of drug-likeness (QED) is 0.190. The summed E-state index contributed by atoms with van der Waals surface area (Å²) in [6.07, 6.45) is -7.77. The van der Waals surface area contributed by atoms with Crippen molar-refractivity contribution in [1.29, 1.82) is 0 Å². The molecule has 1 aromatic rings. The molecule has 20 heteroatoms. The molecule has 0 N–H and O–H groups in total. The van der Waals surface area contributed by atoms with Gasteiger partial charge in [-0.05, 0) is 12.1 Å². The van der Waals surface area contributed by atoms with E-state index >= 15 is 0 Å². The van der Waals surface area contributed by atoms with Gasteiger partial charge in [-0.1, -0.05) is 5.21 Å². The van der Waals surface area contributed by atoms with Crippen LogP contribution < -0.4 is 0 Å². The highest BCUT2D eigenvalue weighted by atomic mass is 19.4. The molecule has 0 aliphatic rings. The molecule has 0 atom stereocenters. The summed E-state index contributed by atoms with van der Waals surface area (Å²) in [5.41, 5.74) is -2.02. The predicted octanol–water partition coefficient (Wildman–Crippen LogP) is 5.35. The molecule has 201 valence electrons. The third kappa shape index (κ3) is 3.98. The minimum absolute atomic E-state index is 0.259. The normalized spacial score (nSPS) is 14.8. The number of hydroxylamine groups is 2. The van der Waals surface area contributed by atoms with Gasteiger partial charge in [-0.2, -0.15) is 65.9 Å². The van der Waals surface area contributed by atoms with Crippen LogP contribution in [-0.4, -0.2) is 63.2 Å². The van der Waals surface area contributed by atoms with Crippen LogP contribution in [0.1, 0.15) is 27.9 Å². The minimum atomic E-state index is -8.59. The summed E-state index contributed by atoms with van der Waals surface area (Å²) in [6, 6.07) is -6.54. The zero-order valence-corrected chi connectivity index (χ0v) is 16.4. The van der Waals surface area contributed by atoms with Gasteiger partial charge in [0, 0.05) is 14.0 Å². The number of aromatic nitrogens is 1. The molecule has 0 saturated carbocycles. The Morgan fingerprint density at radius 3 is 1.34 bits per heavy atom. The Kier molecular flexibility index (Phi) is 7.10. The average molecular weight is 549 g/mol. The topological polar surface area (TPSA) is 62.2 Å². The van der Waals surface area contributed by atoms with Gasteiger partial charge in [-0.25, -0.2) is 0 Å². The van der Waals surface area contributed by atoms with Gasteiger partial charge in [-0.15, -0.1) is 5.06 Å². The molecule has 1 rings (SSSR count). The monoisotopic (exact) mass is 549 g/mol. The van der Waals surface area contributed by atoms with Gasteiger partial charge in [0.15, 0.2) is 5.78 Å². The third-order valence-corrected chi connectivity index (χ3v) is 4.45. The van der Waals surface area contributed by atoms with Gasteiger partial charge in [0.1, 0.15) is 5.69 Å². The highest BCUT2D eigenvalue weighted by Gasteiger charge is 2.94. The number of nitrogens with zero attached hydrogens (tertiary/aromatic N) is 2. The zero-order valence-electron chi connectivity index (χ0n) is 16.4. The van der Waals surface area contributed by atoms with Crippen LogP contribution in [0.15, 0.2) is 12.1 Å². The Labute approximate surface area is 182 Å². The smallest absolute Gasteiger partial charge is 0.337 e. The van der Waals surface area contributed by atoms with Crippen LogP contribution in [0.4, 0.5) is 65.9 Å². The fourth-order valence-electron chi connectivity index (χ4n) is 2.40. The van der Waals surface area contributed by atoms with Crippen LogP contribution in [0.2, 0.25) is 0 Å². The molecule has 1 aromatic heterocycles. The van der Waals surface area contributed by atoms with Crippen molar-refractivity contribution < 1.29 is 80.7 Å². The largest absolute Gasteiger partial charge is 0.460 e. The van der Waals surface area contributed by atoms with E-state index in [1.165, 1.54) is 0 Å². The Hall–Kier alpha value is -2.67. The number of rotatable bonds is 8. The second-order valence-corrected chi connectivity index (χ2v) is 6.73. The second kappa shape index (κ2) is 8.19. The van der Waals surface area contributed by atoms with E-state index in [0.717, 1.165) is 6.92 Å². The number of hydrogen-bond acceptors (Lipinski definition) is 2. The lowest BCUT2D eigenvalue weighted by Crippen LogP contribution is -2.74. The number of hydrogen-bond donors (Lipinski definition) is 0. The number of amides is 1. The number of carbonyl (C=O) groups is 2. The first-order chi connectivity index (χ1) is 15.2. The van der Waals surface area contributed by atoms with E-state index in [1.54, 1.807) is 0 Å². The van der Waals surface area contributed by atoms with Crippen molar-refractivity contribution in [3.63, 3.8) is 0 Å². The summed E-state index contributed by atoms with van der Waals surface area (Å²) >= 11 is 0. The van der Waals surface area contributed by atoms with E-state index < -0.39 is 70.0 Å². The first-order valence-electron chi connectivity index (χ1n) is 8.18. The van der Waals surface area contributed by atoms with Gasteiger partial charge in [0.25, 0.3) is 0 Å². The van der Waals surface area contributed by atoms with Crippen LogP contribution in [0.25, 0.3) is 0 Å². The molecule has 1 heterocycles. The number of ketones is 1. The SMILES string of the molecule is CC(=O)c1ccc(C(=O)N([O])C(F)(F)C(F)(F)C(F)(F)C(F)(F)C(F)(F)C(F)(F)C(F)(F)F)n1C. The van der Waals surface area contributed by atoms with Gasteiger partial charge in [0.05, 0.1) is 5.69 Å². The highest BCUT2D eigenvalue weighted by Crippen LogP contribution is 2.62. The Morgan fingerprint density at radius 2 is 1.00 bits per heavy atom. The predicted molar refractivity (Wildman–Crippen MR) is 78.0 cm³/mol. The van der Waals surface area contributed by atoms with Crippen molar-refractivity contribution in [2.45, 2.75) is 48.8 Å². The van der Waals surface area contributed by atoms with Crippen molar-refractivity contribution in [2.24, 2.45) is 7.05 Å². The molecular weight excluding hydrogens is 541 g/mol. The van der Waals surface area contributed by atoms with E-state index in [9.17, 15) is 80.7 Å². The summed E-state index contributed by atoms with van der Waals surface area (Å²) in [4.78, 5) is 23.0.